The number of H-pyrrole nitrogens is 1. The molecule has 8 heteroatoms. The van der Waals surface area contributed by atoms with Crippen LogP contribution in [0, 0.1) is 0 Å². The third-order valence-corrected chi connectivity index (χ3v) is 5.23. The number of aryl methyl sites for hydroxylation is 1. The summed E-state index contributed by atoms with van der Waals surface area (Å²) in [7, 11) is 0. The summed E-state index contributed by atoms with van der Waals surface area (Å²) >= 11 is 0. The molecule has 0 fully saturated rings. The first-order chi connectivity index (χ1) is 14.9. The number of rotatable bonds is 6. The number of hydrogen-bond acceptors (Lipinski definition) is 2. The van der Waals surface area contributed by atoms with Crippen LogP contribution in [0.25, 0.3) is 16.6 Å². The number of benzene rings is 2. The molecule has 0 aliphatic carbocycles. The lowest BCUT2D eigenvalue weighted by Crippen LogP contribution is -2.26. The topological polar surface area (TPSA) is 62.7 Å². The van der Waals surface area contributed by atoms with Gasteiger partial charge in [-0.25, -0.2) is 4.68 Å². The number of carbonyl (C=O) groups excluding carboxylic acids is 1. The summed E-state index contributed by atoms with van der Waals surface area (Å²) in [5.74, 6) is -0.433. The highest BCUT2D eigenvalue weighted by Crippen LogP contribution is 2.33. The first kappa shape index (κ1) is 20.7. The van der Waals surface area contributed by atoms with Crippen LogP contribution in [0.2, 0.25) is 0 Å². The van der Waals surface area contributed by atoms with E-state index in [1.54, 1.807) is 0 Å². The number of nitrogens with zero attached hydrogens (tertiary/aromatic N) is 2. The molecule has 2 aromatic heterocycles. The van der Waals surface area contributed by atoms with Gasteiger partial charge in [0.15, 0.2) is 5.69 Å². The first-order valence-electron chi connectivity index (χ1n) is 9.96. The number of nitrogens with one attached hydrogen (secondary N) is 2. The summed E-state index contributed by atoms with van der Waals surface area (Å²) in [4.78, 5) is 15.7. The molecule has 31 heavy (non-hydrogen) atoms. The molecular formula is C23H21F3N4O. The van der Waals surface area contributed by atoms with E-state index in [1.807, 2.05) is 18.3 Å². The minimum absolute atomic E-state index is 0.0594. The van der Waals surface area contributed by atoms with Crippen LogP contribution in [0.15, 0.2) is 60.9 Å². The van der Waals surface area contributed by atoms with E-state index in [9.17, 15) is 18.0 Å². The Kier molecular flexibility index (Phi) is 5.54. The summed E-state index contributed by atoms with van der Waals surface area (Å²) in [6.07, 6.45) is 0.330. The van der Waals surface area contributed by atoms with Crippen molar-refractivity contribution in [1.29, 1.82) is 0 Å². The summed E-state index contributed by atoms with van der Waals surface area (Å²) in [5, 5.41) is 7.96. The van der Waals surface area contributed by atoms with Gasteiger partial charge in [0, 0.05) is 29.8 Å². The van der Waals surface area contributed by atoms with E-state index in [0.29, 0.717) is 13.0 Å². The molecule has 160 valence electrons. The fourth-order valence-corrected chi connectivity index (χ4v) is 3.67. The second kappa shape index (κ2) is 8.29. The van der Waals surface area contributed by atoms with Crippen molar-refractivity contribution < 1.29 is 18.0 Å². The molecule has 2 aromatic carbocycles. The third-order valence-electron chi connectivity index (χ3n) is 5.23. The van der Waals surface area contributed by atoms with Gasteiger partial charge in [-0.2, -0.15) is 18.3 Å². The zero-order valence-electron chi connectivity index (χ0n) is 16.8. The molecule has 0 atom stereocenters. The fourth-order valence-electron chi connectivity index (χ4n) is 3.67. The van der Waals surface area contributed by atoms with Crippen LogP contribution in [0.4, 0.5) is 13.2 Å². The lowest BCUT2D eigenvalue weighted by Gasteiger charge is -2.12. The first-order valence-corrected chi connectivity index (χ1v) is 9.96. The van der Waals surface area contributed by atoms with Crippen molar-refractivity contribution in [3.8, 4) is 5.69 Å². The van der Waals surface area contributed by atoms with E-state index in [2.05, 4.69) is 28.4 Å². The van der Waals surface area contributed by atoms with E-state index in [1.165, 1.54) is 36.0 Å². The minimum atomic E-state index is -4.51. The van der Waals surface area contributed by atoms with Crippen molar-refractivity contribution in [1.82, 2.24) is 20.1 Å². The van der Waals surface area contributed by atoms with Gasteiger partial charge in [-0.3, -0.25) is 4.79 Å². The molecule has 4 aromatic rings. The van der Waals surface area contributed by atoms with Gasteiger partial charge in [-0.15, -0.1) is 0 Å². The summed E-state index contributed by atoms with van der Waals surface area (Å²) in [6, 6.07) is 12.7. The fraction of sp³-hybridized carbons (Fsp3) is 0.217. The maximum Gasteiger partial charge on any atom is 0.418 e. The maximum absolute atomic E-state index is 13.2. The van der Waals surface area contributed by atoms with E-state index in [0.717, 1.165) is 33.6 Å². The van der Waals surface area contributed by atoms with E-state index < -0.39 is 17.6 Å². The number of para-hydroxylation sites is 2. The number of hydrogen-bond donors (Lipinski definition) is 2. The predicted octanol–water partition coefficient (Wildman–Crippen LogP) is 4.91. The molecule has 2 N–H and O–H groups in total. The summed E-state index contributed by atoms with van der Waals surface area (Å²) in [6.45, 7) is 2.48. The lowest BCUT2D eigenvalue weighted by atomic mass is 10.1. The van der Waals surface area contributed by atoms with Crippen LogP contribution >= 0.6 is 0 Å². The smallest absolute Gasteiger partial charge is 0.361 e. The Morgan fingerprint density at radius 3 is 2.68 bits per heavy atom. The van der Waals surface area contributed by atoms with E-state index >= 15 is 0 Å². The number of alkyl halides is 3. The third kappa shape index (κ3) is 4.19. The van der Waals surface area contributed by atoms with Crippen LogP contribution in [0.1, 0.15) is 34.1 Å². The Morgan fingerprint density at radius 2 is 1.90 bits per heavy atom. The van der Waals surface area contributed by atoms with Gasteiger partial charge in [0.25, 0.3) is 5.91 Å². The SMILES string of the molecule is CCc1cccc2c(CCNC(=O)c3ccn(-c4ccccc4C(F)(F)F)n3)c[nH]c12. The van der Waals surface area contributed by atoms with Crippen LogP contribution in [-0.4, -0.2) is 27.2 Å². The predicted molar refractivity (Wildman–Crippen MR) is 112 cm³/mol. The van der Waals surface area contributed by atoms with Gasteiger partial charge in [-0.1, -0.05) is 37.3 Å². The molecule has 2 heterocycles. The number of carbonyl (C=O) groups is 1. The molecule has 0 saturated carbocycles. The monoisotopic (exact) mass is 426 g/mol. The van der Waals surface area contributed by atoms with Gasteiger partial charge in [0.2, 0.25) is 0 Å². The largest absolute Gasteiger partial charge is 0.418 e. The van der Waals surface area contributed by atoms with Gasteiger partial charge < -0.3 is 10.3 Å². The molecule has 4 rings (SSSR count). The Balaban J connectivity index is 1.44. The van der Waals surface area contributed by atoms with Crippen LogP contribution < -0.4 is 5.32 Å². The molecule has 0 saturated heterocycles. The van der Waals surface area contributed by atoms with Crippen molar-refractivity contribution >= 4 is 16.8 Å². The Labute approximate surface area is 176 Å². The highest BCUT2D eigenvalue weighted by molar-refractivity contribution is 5.92. The normalized spacial score (nSPS) is 11.7. The van der Waals surface area contributed by atoms with Crippen LogP contribution in [-0.2, 0) is 19.0 Å². The molecule has 1 amide bonds. The van der Waals surface area contributed by atoms with Gasteiger partial charge in [0.05, 0.1) is 11.3 Å². The quantitative estimate of drug-likeness (QED) is 0.460. The molecule has 0 bridgehead atoms. The van der Waals surface area contributed by atoms with Crippen molar-refractivity contribution in [3.63, 3.8) is 0 Å². The lowest BCUT2D eigenvalue weighted by molar-refractivity contribution is -0.137. The van der Waals surface area contributed by atoms with Crippen molar-refractivity contribution in [2.75, 3.05) is 6.54 Å². The average molecular weight is 426 g/mol. The van der Waals surface area contributed by atoms with E-state index in [-0.39, 0.29) is 11.4 Å². The molecule has 0 aliphatic heterocycles. The van der Waals surface area contributed by atoms with Crippen LogP contribution in [0.5, 0.6) is 0 Å². The van der Waals surface area contributed by atoms with Crippen molar-refractivity contribution in [2.24, 2.45) is 0 Å². The van der Waals surface area contributed by atoms with Gasteiger partial charge in [-0.05, 0) is 42.2 Å². The number of aromatic amines is 1. The zero-order valence-corrected chi connectivity index (χ0v) is 16.8. The molecule has 5 nitrogen and oxygen atoms in total. The molecule has 0 aliphatic rings. The minimum Gasteiger partial charge on any atom is -0.361 e. The van der Waals surface area contributed by atoms with Gasteiger partial charge >= 0.3 is 6.18 Å². The number of aromatic nitrogens is 3. The van der Waals surface area contributed by atoms with Crippen molar-refractivity contribution in [3.05, 3.63) is 83.3 Å². The van der Waals surface area contributed by atoms with E-state index in [4.69, 9.17) is 0 Å². The van der Waals surface area contributed by atoms with Crippen molar-refractivity contribution in [2.45, 2.75) is 25.9 Å². The van der Waals surface area contributed by atoms with Crippen LogP contribution in [0.3, 0.4) is 0 Å². The Morgan fingerprint density at radius 1 is 1.10 bits per heavy atom. The molecule has 0 spiro atoms. The zero-order chi connectivity index (χ0) is 22.0. The molecule has 0 unspecified atom stereocenters. The standard InChI is InChI=1S/C23H21F3N4O/c1-2-15-6-5-7-17-16(14-28-21(15)17)10-12-27-22(31)19-11-13-30(29-19)20-9-4-3-8-18(20)23(24,25)26/h3-9,11,13-14,28H,2,10,12H2,1H3,(H,27,31). The van der Waals surface area contributed by atoms with Gasteiger partial charge in [0.1, 0.15) is 0 Å². The maximum atomic E-state index is 13.2. The number of halogens is 3. The second-order valence-electron chi connectivity index (χ2n) is 7.17. The molecule has 0 radical (unpaired) electrons. The highest BCUT2D eigenvalue weighted by Gasteiger charge is 2.34. The Hall–Kier alpha value is -3.55. The summed E-state index contributed by atoms with van der Waals surface area (Å²) in [5.41, 5.74) is 2.56. The number of amides is 1. The highest BCUT2D eigenvalue weighted by atomic mass is 19.4. The second-order valence-corrected chi connectivity index (χ2v) is 7.17. The average Bonchev–Trinajstić information content (AvgIpc) is 3.41. The molecular weight excluding hydrogens is 405 g/mol. The summed E-state index contributed by atoms with van der Waals surface area (Å²) < 4.78 is 40.8. The Bertz CT molecular complexity index is 1220. The number of fused-ring (bicyclic) bond motifs is 1.